The third kappa shape index (κ3) is 0.714. The summed E-state index contributed by atoms with van der Waals surface area (Å²) in [6, 6.07) is 3.52. The van der Waals surface area contributed by atoms with Gasteiger partial charge in [0, 0.05) is 11.5 Å². The fourth-order valence-corrected chi connectivity index (χ4v) is 1.25. The SMILES string of the molecule is Nc1ccc2nnsc2n1. The van der Waals surface area contributed by atoms with Crippen molar-refractivity contribution in [3.8, 4) is 0 Å². The largest absolute Gasteiger partial charge is 0.384 e. The molecule has 0 unspecified atom stereocenters. The van der Waals surface area contributed by atoms with Gasteiger partial charge in [0.2, 0.25) is 0 Å². The molecule has 0 aliphatic rings. The van der Waals surface area contributed by atoms with Crippen LogP contribution < -0.4 is 5.73 Å². The third-order valence-electron chi connectivity index (χ3n) is 1.14. The fraction of sp³-hybridized carbons (Fsp3) is 0. The van der Waals surface area contributed by atoms with Crippen LogP contribution in [0.15, 0.2) is 12.1 Å². The second-order valence-corrected chi connectivity index (χ2v) is 2.57. The van der Waals surface area contributed by atoms with Crippen LogP contribution in [0.5, 0.6) is 0 Å². The van der Waals surface area contributed by atoms with Gasteiger partial charge in [-0.1, -0.05) is 4.49 Å². The van der Waals surface area contributed by atoms with Gasteiger partial charge in [-0.25, -0.2) is 4.98 Å². The summed E-state index contributed by atoms with van der Waals surface area (Å²) in [7, 11) is 0. The van der Waals surface area contributed by atoms with Gasteiger partial charge in [-0.05, 0) is 12.1 Å². The van der Waals surface area contributed by atoms with E-state index in [2.05, 4.69) is 14.6 Å². The van der Waals surface area contributed by atoms with Crippen LogP contribution in [0.3, 0.4) is 0 Å². The molecule has 0 atom stereocenters. The van der Waals surface area contributed by atoms with Crippen LogP contribution in [-0.4, -0.2) is 14.6 Å². The molecule has 0 saturated heterocycles. The first-order chi connectivity index (χ1) is 4.86. The van der Waals surface area contributed by atoms with Gasteiger partial charge < -0.3 is 5.73 Å². The van der Waals surface area contributed by atoms with E-state index in [1.165, 1.54) is 11.5 Å². The van der Waals surface area contributed by atoms with Gasteiger partial charge in [-0.2, -0.15) is 0 Å². The Morgan fingerprint density at radius 2 is 2.30 bits per heavy atom. The number of rotatable bonds is 0. The maximum atomic E-state index is 5.42. The molecule has 5 heteroatoms. The highest BCUT2D eigenvalue weighted by atomic mass is 32.1. The second-order valence-electron chi connectivity index (χ2n) is 1.83. The molecule has 0 aromatic carbocycles. The van der Waals surface area contributed by atoms with Crippen LogP contribution in [0, 0.1) is 0 Å². The van der Waals surface area contributed by atoms with E-state index >= 15 is 0 Å². The molecule has 4 nitrogen and oxygen atoms in total. The van der Waals surface area contributed by atoms with E-state index in [4.69, 9.17) is 5.73 Å². The molecular formula is C5H4N4S. The van der Waals surface area contributed by atoms with Crippen molar-refractivity contribution in [1.29, 1.82) is 0 Å². The molecule has 10 heavy (non-hydrogen) atoms. The van der Waals surface area contributed by atoms with Crippen molar-refractivity contribution in [1.82, 2.24) is 14.6 Å². The molecule has 2 rings (SSSR count). The molecule has 0 aliphatic heterocycles. The Morgan fingerprint density at radius 1 is 1.40 bits per heavy atom. The van der Waals surface area contributed by atoms with Gasteiger partial charge in [-0.3, -0.25) is 0 Å². The number of nitrogens with zero attached hydrogens (tertiary/aromatic N) is 3. The Balaban J connectivity index is 2.86. The van der Waals surface area contributed by atoms with Crippen LogP contribution in [-0.2, 0) is 0 Å². The predicted octanol–water partition coefficient (Wildman–Crippen LogP) is 0.669. The Labute approximate surface area is 60.9 Å². The molecule has 0 aliphatic carbocycles. The number of fused-ring (bicyclic) bond motifs is 1. The molecule has 2 N–H and O–H groups in total. The zero-order chi connectivity index (χ0) is 6.97. The predicted molar refractivity (Wildman–Crippen MR) is 39.6 cm³/mol. The molecule has 2 aromatic rings. The molecule has 50 valence electrons. The van der Waals surface area contributed by atoms with Crippen molar-refractivity contribution >= 4 is 27.7 Å². The lowest BCUT2D eigenvalue weighted by Crippen LogP contribution is -1.87. The Kier molecular flexibility index (Phi) is 1.04. The second kappa shape index (κ2) is 1.88. The lowest BCUT2D eigenvalue weighted by atomic mass is 10.4. The van der Waals surface area contributed by atoms with E-state index in [0.717, 1.165) is 10.3 Å². The first-order valence-corrected chi connectivity index (χ1v) is 3.48. The number of nitrogens with two attached hydrogens (primary N) is 1. The van der Waals surface area contributed by atoms with Gasteiger partial charge >= 0.3 is 0 Å². The zero-order valence-corrected chi connectivity index (χ0v) is 5.80. The van der Waals surface area contributed by atoms with Gasteiger partial charge in [0.1, 0.15) is 11.3 Å². The normalized spacial score (nSPS) is 10.4. The lowest BCUT2D eigenvalue weighted by molar-refractivity contribution is 1.20. The molecule has 0 spiro atoms. The molecule has 0 bridgehead atoms. The van der Waals surface area contributed by atoms with Crippen molar-refractivity contribution < 1.29 is 0 Å². The quantitative estimate of drug-likeness (QED) is 0.602. The highest BCUT2D eigenvalue weighted by Crippen LogP contribution is 2.12. The number of hydrogen-bond donors (Lipinski definition) is 1. The summed E-state index contributed by atoms with van der Waals surface area (Å²) in [5, 5.41) is 3.81. The van der Waals surface area contributed by atoms with Gasteiger partial charge in [-0.15, -0.1) is 5.10 Å². The standard InChI is InChI=1S/C5H4N4S/c6-4-2-1-3-5(7-4)10-9-8-3/h1-2H,(H2,6,7). The fourth-order valence-electron chi connectivity index (χ4n) is 0.694. The van der Waals surface area contributed by atoms with Gasteiger partial charge in [0.15, 0.2) is 4.83 Å². The molecule has 0 fully saturated rings. The number of aromatic nitrogens is 3. The van der Waals surface area contributed by atoms with Crippen molar-refractivity contribution in [3.05, 3.63) is 12.1 Å². The van der Waals surface area contributed by atoms with Crippen LogP contribution >= 0.6 is 11.5 Å². The van der Waals surface area contributed by atoms with Crippen molar-refractivity contribution in [3.63, 3.8) is 0 Å². The molecule has 2 aromatic heterocycles. The molecular weight excluding hydrogens is 148 g/mol. The van der Waals surface area contributed by atoms with E-state index in [1.807, 2.05) is 0 Å². The zero-order valence-electron chi connectivity index (χ0n) is 4.98. The monoisotopic (exact) mass is 152 g/mol. The Morgan fingerprint density at radius 3 is 3.20 bits per heavy atom. The number of anilines is 1. The highest BCUT2D eigenvalue weighted by molar-refractivity contribution is 7.12. The summed E-state index contributed by atoms with van der Waals surface area (Å²) in [5.74, 6) is 0.513. The number of hydrogen-bond acceptors (Lipinski definition) is 5. The summed E-state index contributed by atoms with van der Waals surface area (Å²) in [5.41, 5.74) is 6.23. The van der Waals surface area contributed by atoms with Crippen molar-refractivity contribution in [2.75, 3.05) is 5.73 Å². The molecule has 0 radical (unpaired) electrons. The van der Waals surface area contributed by atoms with E-state index < -0.39 is 0 Å². The van der Waals surface area contributed by atoms with Gasteiger partial charge in [0.25, 0.3) is 0 Å². The smallest absolute Gasteiger partial charge is 0.166 e. The summed E-state index contributed by atoms with van der Waals surface area (Å²) < 4.78 is 3.72. The summed E-state index contributed by atoms with van der Waals surface area (Å²) >= 11 is 1.25. The van der Waals surface area contributed by atoms with Crippen LogP contribution in [0.25, 0.3) is 10.3 Å². The lowest BCUT2D eigenvalue weighted by Gasteiger charge is -1.86. The van der Waals surface area contributed by atoms with Crippen molar-refractivity contribution in [2.45, 2.75) is 0 Å². The average molecular weight is 152 g/mol. The van der Waals surface area contributed by atoms with Crippen molar-refractivity contribution in [2.24, 2.45) is 0 Å². The van der Waals surface area contributed by atoms with E-state index in [0.29, 0.717) is 5.82 Å². The third-order valence-corrected chi connectivity index (χ3v) is 1.77. The topological polar surface area (TPSA) is 64.7 Å². The Bertz CT molecular complexity index is 355. The number of nitrogen functional groups attached to an aromatic ring is 1. The summed E-state index contributed by atoms with van der Waals surface area (Å²) in [6.45, 7) is 0. The molecule has 2 heterocycles. The summed E-state index contributed by atoms with van der Waals surface area (Å²) in [6.07, 6.45) is 0. The first kappa shape index (κ1) is 5.55. The average Bonchev–Trinajstić information content (AvgIpc) is 2.33. The minimum atomic E-state index is 0.513. The highest BCUT2D eigenvalue weighted by Gasteiger charge is 1.97. The maximum absolute atomic E-state index is 5.42. The molecule has 0 saturated carbocycles. The first-order valence-electron chi connectivity index (χ1n) is 2.71. The minimum Gasteiger partial charge on any atom is -0.384 e. The number of pyridine rings is 1. The van der Waals surface area contributed by atoms with E-state index in [9.17, 15) is 0 Å². The van der Waals surface area contributed by atoms with Crippen LogP contribution in [0.4, 0.5) is 5.82 Å². The summed E-state index contributed by atoms with van der Waals surface area (Å²) in [4.78, 5) is 4.80. The Hall–Kier alpha value is -1.23. The minimum absolute atomic E-state index is 0.513. The maximum Gasteiger partial charge on any atom is 0.166 e. The van der Waals surface area contributed by atoms with Crippen LogP contribution in [0.2, 0.25) is 0 Å². The van der Waals surface area contributed by atoms with E-state index in [-0.39, 0.29) is 0 Å². The molecule has 0 amide bonds. The van der Waals surface area contributed by atoms with Gasteiger partial charge in [0.05, 0.1) is 0 Å². The van der Waals surface area contributed by atoms with E-state index in [1.54, 1.807) is 12.1 Å². The van der Waals surface area contributed by atoms with Crippen LogP contribution in [0.1, 0.15) is 0 Å².